The van der Waals surface area contributed by atoms with Crippen molar-refractivity contribution in [1.82, 2.24) is 10.2 Å². The molecule has 0 saturated carbocycles. The van der Waals surface area contributed by atoms with E-state index in [1.807, 2.05) is 30.9 Å². The molecule has 1 N–H and O–H groups in total. The third kappa shape index (κ3) is 3.51. The summed E-state index contributed by atoms with van der Waals surface area (Å²) >= 11 is 0. The van der Waals surface area contributed by atoms with E-state index in [1.54, 1.807) is 7.11 Å². The number of carbonyl (C=O) groups is 1. The van der Waals surface area contributed by atoms with Gasteiger partial charge < -0.3 is 19.7 Å². The van der Waals surface area contributed by atoms with Crippen molar-refractivity contribution in [3.8, 4) is 5.75 Å². The molecule has 2 aliphatic rings. The second-order valence-electron chi connectivity index (χ2n) is 7.20. The lowest BCUT2D eigenvalue weighted by Crippen LogP contribution is -2.42. The molecule has 0 aromatic heterocycles. The molecule has 24 heavy (non-hydrogen) atoms. The van der Waals surface area contributed by atoms with Crippen LogP contribution in [0.3, 0.4) is 0 Å². The average molecular weight is 332 g/mol. The standard InChI is InChI=1S/C19H28N2O3/c1-14-4-5-17(23-3)16(12-14)15(2)20-18(22)21-9-6-19(13-21)7-10-24-11-8-19/h4-5,12,15H,6-11,13H2,1-3H3,(H,20,22)/t15-/m0/s1. The fraction of sp³-hybridized carbons (Fsp3) is 0.632. The first kappa shape index (κ1) is 17.1. The summed E-state index contributed by atoms with van der Waals surface area (Å²) < 4.78 is 10.9. The number of urea groups is 1. The van der Waals surface area contributed by atoms with E-state index < -0.39 is 0 Å². The van der Waals surface area contributed by atoms with E-state index in [1.165, 1.54) is 0 Å². The number of carbonyl (C=O) groups excluding carboxylic acids is 1. The Bertz CT molecular complexity index is 596. The van der Waals surface area contributed by atoms with Crippen LogP contribution in [0.15, 0.2) is 18.2 Å². The number of methoxy groups -OCH3 is 1. The van der Waals surface area contributed by atoms with Gasteiger partial charge in [0.1, 0.15) is 5.75 Å². The Morgan fingerprint density at radius 1 is 1.33 bits per heavy atom. The van der Waals surface area contributed by atoms with Crippen molar-refractivity contribution in [1.29, 1.82) is 0 Å². The molecule has 2 saturated heterocycles. The predicted molar refractivity (Wildman–Crippen MR) is 93.4 cm³/mol. The van der Waals surface area contributed by atoms with Crippen molar-refractivity contribution in [2.75, 3.05) is 33.4 Å². The summed E-state index contributed by atoms with van der Waals surface area (Å²) in [7, 11) is 1.66. The molecule has 1 aromatic carbocycles. The van der Waals surface area contributed by atoms with Gasteiger partial charge in [-0.1, -0.05) is 17.7 Å². The van der Waals surface area contributed by atoms with E-state index in [0.29, 0.717) is 0 Å². The van der Waals surface area contributed by atoms with Crippen LogP contribution >= 0.6 is 0 Å². The zero-order chi connectivity index (χ0) is 17.2. The molecule has 2 aliphatic heterocycles. The van der Waals surface area contributed by atoms with Gasteiger partial charge in [0, 0.05) is 31.9 Å². The van der Waals surface area contributed by atoms with Crippen LogP contribution in [0.5, 0.6) is 5.75 Å². The molecular formula is C19H28N2O3. The van der Waals surface area contributed by atoms with Crippen molar-refractivity contribution < 1.29 is 14.3 Å². The molecular weight excluding hydrogens is 304 g/mol. The topological polar surface area (TPSA) is 50.8 Å². The minimum atomic E-state index is -0.0846. The minimum Gasteiger partial charge on any atom is -0.496 e. The second-order valence-corrected chi connectivity index (χ2v) is 7.20. The van der Waals surface area contributed by atoms with E-state index in [0.717, 1.165) is 62.4 Å². The molecule has 0 unspecified atom stereocenters. The first-order valence-electron chi connectivity index (χ1n) is 8.81. The lowest BCUT2D eigenvalue weighted by molar-refractivity contribution is 0.0208. The molecule has 132 valence electrons. The van der Waals surface area contributed by atoms with Gasteiger partial charge in [-0.25, -0.2) is 4.79 Å². The van der Waals surface area contributed by atoms with Gasteiger partial charge in [-0.15, -0.1) is 0 Å². The van der Waals surface area contributed by atoms with Gasteiger partial charge in [0.2, 0.25) is 0 Å². The molecule has 0 bridgehead atoms. The van der Waals surface area contributed by atoms with Crippen molar-refractivity contribution in [2.45, 2.75) is 39.2 Å². The fourth-order valence-corrected chi connectivity index (χ4v) is 3.87. The van der Waals surface area contributed by atoms with Crippen LogP contribution in [0, 0.1) is 12.3 Å². The Hall–Kier alpha value is -1.75. The molecule has 2 heterocycles. The van der Waals surface area contributed by atoms with Crippen LogP contribution in [0.4, 0.5) is 4.79 Å². The van der Waals surface area contributed by atoms with E-state index >= 15 is 0 Å². The lowest BCUT2D eigenvalue weighted by Gasteiger charge is -2.33. The molecule has 5 heteroatoms. The smallest absolute Gasteiger partial charge is 0.317 e. The molecule has 3 rings (SSSR count). The number of likely N-dealkylation sites (tertiary alicyclic amines) is 1. The Morgan fingerprint density at radius 3 is 2.79 bits per heavy atom. The summed E-state index contributed by atoms with van der Waals surface area (Å²) in [6, 6.07) is 5.99. The van der Waals surface area contributed by atoms with Crippen molar-refractivity contribution >= 4 is 6.03 Å². The molecule has 1 atom stereocenters. The van der Waals surface area contributed by atoms with E-state index in [9.17, 15) is 4.79 Å². The SMILES string of the molecule is COc1ccc(C)cc1[C@H](C)NC(=O)N1CCC2(CCOCC2)C1. The van der Waals surface area contributed by atoms with Crippen LogP contribution < -0.4 is 10.1 Å². The van der Waals surface area contributed by atoms with Crippen LogP contribution in [-0.2, 0) is 4.74 Å². The Labute approximate surface area is 144 Å². The quantitative estimate of drug-likeness (QED) is 0.924. The normalized spacial score (nSPS) is 20.9. The van der Waals surface area contributed by atoms with E-state index in [-0.39, 0.29) is 17.5 Å². The van der Waals surface area contributed by atoms with Gasteiger partial charge in [-0.2, -0.15) is 0 Å². The number of ether oxygens (including phenoxy) is 2. The highest BCUT2D eigenvalue weighted by atomic mass is 16.5. The third-order valence-electron chi connectivity index (χ3n) is 5.47. The molecule has 0 aliphatic carbocycles. The monoisotopic (exact) mass is 332 g/mol. The summed E-state index contributed by atoms with van der Waals surface area (Å²) in [5, 5.41) is 3.14. The van der Waals surface area contributed by atoms with Crippen molar-refractivity contribution in [2.24, 2.45) is 5.41 Å². The zero-order valence-corrected chi connectivity index (χ0v) is 14.9. The van der Waals surface area contributed by atoms with Gasteiger partial charge in [0.05, 0.1) is 13.2 Å². The maximum absolute atomic E-state index is 12.7. The first-order valence-corrected chi connectivity index (χ1v) is 8.81. The van der Waals surface area contributed by atoms with Gasteiger partial charge in [-0.05, 0) is 44.6 Å². The molecule has 1 spiro atoms. The van der Waals surface area contributed by atoms with Crippen LogP contribution in [-0.4, -0.2) is 44.3 Å². The number of amides is 2. The van der Waals surface area contributed by atoms with Crippen LogP contribution in [0.1, 0.15) is 43.4 Å². The Kier molecular flexibility index (Phi) is 4.99. The average Bonchev–Trinajstić information content (AvgIpc) is 2.99. The number of rotatable bonds is 3. The van der Waals surface area contributed by atoms with Gasteiger partial charge in [0.25, 0.3) is 0 Å². The number of aryl methyl sites for hydroxylation is 1. The molecule has 0 radical (unpaired) electrons. The highest BCUT2D eigenvalue weighted by Crippen LogP contribution is 2.39. The molecule has 2 amide bonds. The summed E-state index contributed by atoms with van der Waals surface area (Å²) in [6.45, 7) is 7.39. The molecule has 1 aromatic rings. The van der Waals surface area contributed by atoms with Crippen LogP contribution in [0.25, 0.3) is 0 Å². The van der Waals surface area contributed by atoms with Gasteiger partial charge in [-0.3, -0.25) is 0 Å². The van der Waals surface area contributed by atoms with Crippen molar-refractivity contribution in [3.63, 3.8) is 0 Å². The number of nitrogens with zero attached hydrogens (tertiary/aromatic N) is 1. The predicted octanol–water partition coefficient (Wildman–Crippen LogP) is 3.28. The maximum Gasteiger partial charge on any atom is 0.317 e. The molecule has 2 fully saturated rings. The van der Waals surface area contributed by atoms with E-state index in [4.69, 9.17) is 9.47 Å². The van der Waals surface area contributed by atoms with Gasteiger partial charge >= 0.3 is 6.03 Å². The van der Waals surface area contributed by atoms with Crippen LogP contribution in [0.2, 0.25) is 0 Å². The Morgan fingerprint density at radius 2 is 2.08 bits per heavy atom. The fourth-order valence-electron chi connectivity index (χ4n) is 3.87. The lowest BCUT2D eigenvalue weighted by atomic mass is 9.80. The van der Waals surface area contributed by atoms with Gasteiger partial charge in [0.15, 0.2) is 0 Å². The highest BCUT2D eigenvalue weighted by molar-refractivity contribution is 5.75. The number of benzene rings is 1. The highest BCUT2D eigenvalue weighted by Gasteiger charge is 2.41. The minimum absolute atomic E-state index is 0.0226. The maximum atomic E-state index is 12.7. The number of nitrogens with one attached hydrogen (secondary N) is 1. The largest absolute Gasteiger partial charge is 0.496 e. The summed E-state index contributed by atoms with van der Waals surface area (Å²) in [6.07, 6.45) is 3.22. The number of hydrogen-bond donors (Lipinski definition) is 1. The van der Waals surface area contributed by atoms with Crippen molar-refractivity contribution in [3.05, 3.63) is 29.3 Å². The Balaban J connectivity index is 1.64. The third-order valence-corrected chi connectivity index (χ3v) is 5.47. The van der Waals surface area contributed by atoms with E-state index in [2.05, 4.69) is 11.4 Å². The summed E-state index contributed by atoms with van der Waals surface area (Å²) in [5.74, 6) is 0.815. The summed E-state index contributed by atoms with van der Waals surface area (Å²) in [4.78, 5) is 14.6. The first-order chi connectivity index (χ1) is 11.5. The number of hydrogen-bond acceptors (Lipinski definition) is 3. The second kappa shape index (κ2) is 7.01. The zero-order valence-electron chi connectivity index (χ0n) is 14.9. The molecule has 5 nitrogen and oxygen atoms in total. The summed E-state index contributed by atoms with van der Waals surface area (Å²) in [5.41, 5.74) is 2.46.